The monoisotopic (exact) mass is 288 g/mol. The van der Waals surface area contributed by atoms with Crippen LogP contribution < -0.4 is 10.2 Å². The van der Waals surface area contributed by atoms with Gasteiger partial charge in [0.2, 0.25) is 11.8 Å². The Balaban J connectivity index is 1.55. The Hall–Kier alpha value is -1.88. The third-order valence-electron chi connectivity index (χ3n) is 4.09. The van der Waals surface area contributed by atoms with Crippen molar-refractivity contribution in [2.45, 2.75) is 25.4 Å². The first-order valence-corrected chi connectivity index (χ1v) is 7.49. The molecule has 0 radical (unpaired) electrons. The molecule has 1 aromatic carbocycles. The number of benzene rings is 1. The second-order valence-corrected chi connectivity index (χ2v) is 5.62. The van der Waals surface area contributed by atoms with Gasteiger partial charge in [-0.1, -0.05) is 18.2 Å². The summed E-state index contributed by atoms with van der Waals surface area (Å²) in [6, 6.07) is 9.49. The molecule has 0 aromatic heterocycles. The zero-order valence-electron chi connectivity index (χ0n) is 12.0. The van der Waals surface area contributed by atoms with Crippen molar-refractivity contribution >= 4 is 17.5 Å². The molecule has 0 bridgehead atoms. The van der Waals surface area contributed by atoms with Crippen molar-refractivity contribution in [3.05, 3.63) is 30.3 Å². The zero-order valence-corrected chi connectivity index (χ0v) is 12.0. The Morgan fingerprint density at radius 3 is 2.86 bits per heavy atom. The summed E-state index contributed by atoms with van der Waals surface area (Å²) in [7, 11) is 0. The minimum absolute atomic E-state index is 0.0125. The molecule has 0 spiro atoms. The number of para-hydroxylation sites is 1. The predicted molar refractivity (Wildman–Crippen MR) is 78.9 cm³/mol. The number of nitrogens with zero attached hydrogens (tertiary/aromatic N) is 1. The van der Waals surface area contributed by atoms with Gasteiger partial charge in [-0.15, -0.1) is 0 Å². The highest BCUT2D eigenvalue weighted by atomic mass is 16.5. The number of amides is 2. The van der Waals surface area contributed by atoms with Gasteiger partial charge < -0.3 is 15.0 Å². The molecule has 112 valence electrons. The number of carbonyl (C=O) groups is 2. The van der Waals surface area contributed by atoms with Crippen molar-refractivity contribution in [3.63, 3.8) is 0 Å². The van der Waals surface area contributed by atoms with E-state index in [1.54, 1.807) is 4.90 Å². The Bertz CT molecular complexity index is 512. The molecular formula is C16H20N2O3. The molecule has 0 unspecified atom stereocenters. The summed E-state index contributed by atoms with van der Waals surface area (Å²) in [5, 5.41) is 2.92. The second kappa shape index (κ2) is 6.26. The number of nitrogens with one attached hydrogen (secondary N) is 1. The highest BCUT2D eigenvalue weighted by Crippen LogP contribution is 2.24. The number of anilines is 1. The van der Waals surface area contributed by atoms with Crippen molar-refractivity contribution in [3.8, 4) is 0 Å². The lowest BCUT2D eigenvalue weighted by Crippen LogP contribution is -2.37. The molecule has 2 amide bonds. The van der Waals surface area contributed by atoms with Crippen LogP contribution in [0, 0.1) is 5.92 Å². The minimum Gasteiger partial charge on any atom is -0.376 e. The first-order valence-electron chi connectivity index (χ1n) is 7.49. The van der Waals surface area contributed by atoms with Gasteiger partial charge in [0.25, 0.3) is 0 Å². The van der Waals surface area contributed by atoms with Gasteiger partial charge in [0, 0.05) is 31.8 Å². The summed E-state index contributed by atoms with van der Waals surface area (Å²) < 4.78 is 5.49. The standard InChI is InChI=1S/C16H20N2O3/c19-15-9-12(11-18(15)13-5-2-1-3-6-13)16(20)17-10-14-7-4-8-21-14/h1-3,5-6,12,14H,4,7-11H2,(H,17,20)/t12-,14-/m0/s1. The Morgan fingerprint density at radius 1 is 1.33 bits per heavy atom. The van der Waals surface area contributed by atoms with Gasteiger partial charge in [-0.3, -0.25) is 9.59 Å². The molecule has 3 rings (SSSR count). The van der Waals surface area contributed by atoms with Crippen LogP contribution in [0.25, 0.3) is 0 Å². The van der Waals surface area contributed by atoms with E-state index in [0.717, 1.165) is 25.1 Å². The fraction of sp³-hybridized carbons (Fsp3) is 0.500. The first kappa shape index (κ1) is 14.1. The van der Waals surface area contributed by atoms with E-state index in [9.17, 15) is 9.59 Å². The van der Waals surface area contributed by atoms with Crippen LogP contribution in [-0.2, 0) is 14.3 Å². The van der Waals surface area contributed by atoms with Crippen LogP contribution in [0.5, 0.6) is 0 Å². The van der Waals surface area contributed by atoms with Crippen LogP contribution in [0.2, 0.25) is 0 Å². The number of hydrogen-bond acceptors (Lipinski definition) is 3. The number of carbonyl (C=O) groups excluding carboxylic acids is 2. The molecule has 5 heteroatoms. The quantitative estimate of drug-likeness (QED) is 0.909. The van der Waals surface area contributed by atoms with Crippen LogP contribution in [0.1, 0.15) is 19.3 Å². The lowest BCUT2D eigenvalue weighted by Gasteiger charge is -2.17. The fourth-order valence-electron chi connectivity index (χ4n) is 2.90. The van der Waals surface area contributed by atoms with Gasteiger partial charge >= 0.3 is 0 Å². The van der Waals surface area contributed by atoms with Crippen LogP contribution in [-0.4, -0.2) is 37.6 Å². The molecule has 2 fully saturated rings. The Kier molecular flexibility index (Phi) is 4.20. The molecule has 2 aliphatic heterocycles. The summed E-state index contributed by atoms with van der Waals surface area (Å²) >= 11 is 0. The molecule has 1 aromatic rings. The number of rotatable bonds is 4. The SMILES string of the molecule is O=C(NC[C@@H]1CCCO1)[C@H]1CC(=O)N(c2ccccc2)C1. The van der Waals surface area contributed by atoms with Crippen LogP contribution >= 0.6 is 0 Å². The maximum absolute atomic E-state index is 12.2. The largest absolute Gasteiger partial charge is 0.376 e. The van der Waals surface area contributed by atoms with E-state index >= 15 is 0 Å². The zero-order chi connectivity index (χ0) is 14.7. The molecule has 2 atom stereocenters. The minimum atomic E-state index is -0.265. The van der Waals surface area contributed by atoms with Crippen LogP contribution in [0.4, 0.5) is 5.69 Å². The van der Waals surface area contributed by atoms with E-state index < -0.39 is 0 Å². The van der Waals surface area contributed by atoms with Crippen molar-refractivity contribution in [2.24, 2.45) is 5.92 Å². The maximum atomic E-state index is 12.2. The van der Waals surface area contributed by atoms with Crippen molar-refractivity contribution < 1.29 is 14.3 Å². The van der Waals surface area contributed by atoms with Gasteiger partial charge in [0.05, 0.1) is 12.0 Å². The van der Waals surface area contributed by atoms with Crippen molar-refractivity contribution in [2.75, 3.05) is 24.6 Å². The third kappa shape index (κ3) is 3.24. The van der Waals surface area contributed by atoms with E-state index in [1.807, 2.05) is 30.3 Å². The molecule has 5 nitrogen and oxygen atoms in total. The summed E-state index contributed by atoms with van der Waals surface area (Å²) in [6.45, 7) is 1.79. The van der Waals surface area contributed by atoms with E-state index in [4.69, 9.17) is 4.74 Å². The lowest BCUT2D eigenvalue weighted by atomic mass is 10.1. The lowest BCUT2D eigenvalue weighted by molar-refractivity contribution is -0.126. The summed E-state index contributed by atoms with van der Waals surface area (Å²) in [5.74, 6) is -0.296. The van der Waals surface area contributed by atoms with E-state index in [1.165, 1.54) is 0 Å². The molecule has 0 saturated carbocycles. The molecule has 21 heavy (non-hydrogen) atoms. The molecular weight excluding hydrogens is 268 g/mol. The van der Waals surface area contributed by atoms with Gasteiger partial charge in [-0.25, -0.2) is 0 Å². The molecule has 0 aliphatic carbocycles. The summed E-state index contributed by atoms with van der Waals surface area (Å²) in [4.78, 5) is 25.9. The summed E-state index contributed by atoms with van der Waals surface area (Å²) in [5.41, 5.74) is 0.858. The second-order valence-electron chi connectivity index (χ2n) is 5.62. The Morgan fingerprint density at radius 2 is 2.14 bits per heavy atom. The third-order valence-corrected chi connectivity index (χ3v) is 4.09. The average Bonchev–Trinajstić information content (AvgIpc) is 3.15. The van der Waals surface area contributed by atoms with Crippen molar-refractivity contribution in [1.82, 2.24) is 5.32 Å². The smallest absolute Gasteiger partial charge is 0.227 e. The van der Waals surface area contributed by atoms with Gasteiger partial charge in [-0.05, 0) is 25.0 Å². The first-order chi connectivity index (χ1) is 10.2. The highest BCUT2D eigenvalue weighted by molar-refractivity contribution is 6.00. The number of hydrogen-bond donors (Lipinski definition) is 1. The maximum Gasteiger partial charge on any atom is 0.227 e. The topological polar surface area (TPSA) is 58.6 Å². The summed E-state index contributed by atoms with van der Waals surface area (Å²) in [6.07, 6.45) is 2.48. The van der Waals surface area contributed by atoms with Gasteiger partial charge in [0.15, 0.2) is 0 Å². The van der Waals surface area contributed by atoms with E-state index in [0.29, 0.717) is 13.1 Å². The van der Waals surface area contributed by atoms with Crippen molar-refractivity contribution in [1.29, 1.82) is 0 Å². The van der Waals surface area contributed by atoms with Gasteiger partial charge in [0.1, 0.15) is 0 Å². The highest BCUT2D eigenvalue weighted by Gasteiger charge is 2.35. The normalized spacial score (nSPS) is 25.3. The van der Waals surface area contributed by atoms with E-state index in [-0.39, 0.29) is 30.3 Å². The molecule has 2 saturated heterocycles. The van der Waals surface area contributed by atoms with Crippen LogP contribution in [0.15, 0.2) is 30.3 Å². The fourth-order valence-corrected chi connectivity index (χ4v) is 2.90. The van der Waals surface area contributed by atoms with E-state index in [2.05, 4.69) is 5.32 Å². The molecule has 2 heterocycles. The predicted octanol–water partition coefficient (Wildman–Crippen LogP) is 1.33. The molecule has 2 aliphatic rings. The Labute approximate surface area is 124 Å². The molecule has 1 N–H and O–H groups in total. The van der Waals surface area contributed by atoms with Crippen LogP contribution in [0.3, 0.4) is 0 Å². The van der Waals surface area contributed by atoms with Gasteiger partial charge in [-0.2, -0.15) is 0 Å². The average molecular weight is 288 g/mol. The number of ether oxygens (including phenoxy) is 1.